The Hall–Kier alpha value is -0.680. The first kappa shape index (κ1) is 14.4. The van der Waals surface area contributed by atoms with Crippen LogP contribution in [0.4, 0.5) is 0 Å². The number of allylic oxidation sites excluding steroid dienone is 1. The molecule has 2 heteroatoms. The highest BCUT2D eigenvalue weighted by atomic mass is 31.1. The van der Waals surface area contributed by atoms with E-state index in [1.807, 2.05) is 12.3 Å². The lowest BCUT2D eigenvalue weighted by Crippen LogP contribution is -1.92. The molecule has 1 aromatic rings. The predicted molar refractivity (Wildman–Crippen MR) is 79.7 cm³/mol. The third-order valence-electron chi connectivity index (χ3n) is 2.76. The van der Waals surface area contributed by atoms with Crippen molar-refractivity contribution >= 4 is 14.0 Å². The van der Waals surface area contributed by atoms with Crippen molar-refractivity contribution in [3.63, 3.8) is 0 Å². The van der Waals surface area contributed by atoms with Crippen molar-refractivity contribution in [3.05, 3.63) is 35.4 Å². The zero-order valence-corrected chi connectivity index (χ0v) is 12.2. The molecule has 0 fully saturated rings. The molecule has 0 aliphatic heterocycles. The maximum absolute atomic E-state index is 4.40. The number of nitrogens with zero attached hydrogens (tertiary/aromatic N) is 1. The largest absolute Gasteiger partial charge is 0.257 e. The van der Waals surface area contributed by atoms with Crippen molar-refractivity contribution < 1.29 is 0 Å². The van der Waals surface area contributed by atoms with Crippen LogP contribution in [0.2, 0.25) is 0 Å². The second-order valence-corrected chi connectivity index (χ2v) is 6.78. The van der Waals surface area contributed by atoms with E-state index in [9.17, 15) is 0 Å². The second kappa shape index (κ2) is 8.42. The molecule has 17 heavy (non-hydrogen) atoms. The molecule has 0 amide bonds. The monoisotopic (exact) mass is 249 g/mol. The van der Waals surface area contributed by atoms with Gasteiger partial charge in [0, 0.05) is 6.20 Å². The Labute approximate surface area is 107 Å². The molecule has 0 spiro atoms. The number of aromatic nitrogens is 1. The summed E-state index contributed by atoms with van der Waals surface area (Å²) in [6.45, 7) is 6.85. The van der Waals surface area contributed by atoms with Gasteiger partial charge in [0.1, 0.15) is 0 Å². The Morgan fingerprint density at radius 2 is 1.88 bits per heavy atom. The van der Waals surface area contributed by atoms with Gasteiger partial charge in [0.05, 0.1) is 5.69 Å². The molecule has 0 bridgehead atoms. The third kappa shape index (κ3) is 5.00. The topological polar surface area (TPSA) is 12.9 Å². The van der Waals surface area contributed by atoms with E-state index in [-0.39, 0.29) is 7.92 Å². The zero-order valence-electron chi connectivity index (χ0n) is 11.3. The van der Waals surface area contributed by atoms with Gasteiger partial charge in [-0.2, -0.15) is 0 Å². The van der Waals surface area contributed by atoms with Gasteiger partial charge < -0.3 is 0 Å². The van der Waals surface area contributed by atoms with Crippen molar-refractivity contribution in [2.24, 2.45) is 0 Å². The predicted octanol–water partition coefficient (Wildman–Crippen LogP) is 5.13. The highest BCUT2D eigenvalue weighted by Crippen LogP contribution is 2.48. The van der Waals surface area contributed by atoms with Crippen LogP contribution in [-0.4, -0.2) is 17.3 Å². The summed E-state index contributed by atoms with van der Waals surface area (Å²) in [5.74, 6) is 0. The lowest BCUT2D eigenvalue weighted by Gasteiger charge is -2.19. The molecular weight excluding hydrogens is 225 g/mol. The molecule has 1 aromatic heterocycles. The summed E-state index contributed by atoms with van der Waals surface area (Å²) < 4.78 is 0. The normalized spacial score (nSPS) is 12.1. The molecule has 0 aliphatic rings. The van der Waals surface area contributed by atoms with Gasteiger partial charge in [0.15, 0.2) is 0 Å². The first-order valence-electron chi connectivity index (χ1n) is 6.68. The lowest BCUT2D eigenvalue weighted by atomic mass is 10.3. The van der Waals surface area contributed by atoms with Crippen LogP contribution in [0.3, 0.4) is 0 Å². The fourth-order valence-corrected chi connectivity index (χ4v) is 4.63. The summed E-state index contributed by atoms with van der Waals surface area (Å²) in [5.41, 5.74) is 1.11. The molecule has 0 N–H and O–H groups in total. The summed E-state index contributed by atoms with van der Waals surface area (Å²) in [6.07, 6.45) is 10.7. The molecular formula is C15H24NP. The molecule has 0 unspecified atom stereocenters. The van der Waals surface area contributed by atoms with Crippen LogP contribution < -0.4 is 0 Å². The number of pyridine rings is 1. The molecule has 0 saturated carbocycles. The van der Waals surface area contributed by atoms with E-state index in [1.54, 1.807) is 5.31 Å². The average molecular weight is 249 g/mol. The van der Waals surface area contributed by atoms with Crippen LogP contribution in [0.15, 0.2) is 29.7 Å². The standard InChI is InChI=1S/C15H24NP/c1-4-11-17(12-5-2)15(6-3)13-14-9-7-8-10-16-14/h7-10,13H,4-6,11-12H2,1-3H3. The number of rotatable bonds is 7. The fraction of sp³-hybridized carbons (Fsp3) is 0.533. The minimum atomic E-state index is 0.0730. The Kier molecular flexibility index (Phi) is 7.12. The van der Waals surface area contributed by atoms with Crippen molar-refractivity contribution in [2.75, 3.05) is 12.3 Å². The quantitative estimate of drug-likeness (QED) is 0.610. The minimum absolute atomic E-state index is 0.0730. The molecule has 94 valence electrons. The molecule has 0 aliphatic carbocycles. The summed E-state index contributed by atoms with van der Waals surface area (Å²) >= 11 is 0. The highest BCUT2D eigenvalue weighted by molar-refractivity contribution is 7.62. The van der Waals surface area contributed by atoms with Crippen molar-refractivity contribution in [3.8, 4) is 0 Å². The van der Waals surface area contributed by atoms with E-state index >= 15 is 0 Å². The Morgan fingerprint density at radius 1 is 1.18 bits per heavy atom. The lowest BCUT2D eigenvalue weighted by molar-refractivity contribution is 1.05. The van der Waals surface area contributed by atoms with Crippen LogP contribution in [0.1, 0.15) is 45.7 Å². The summed E-state index contributed by atoms with van der Waals surface area (Å²) in [7, 11) is 0.0730. The molecule has 0 atom stereocenters. The van der Waals surface area contributed by atoms with Crippen LogP contribution >= 0.6 is 7.92 Å². The van der Waals surface area contributed by atoms with Crippen LogP contribution in [0.25, 0.3) is 6.08 Å². The first-order chi connectivity index (χ1) is 8.31. The van der Waals surface area contributed by atoms with Crippen molar-refractivity contribution in [2.45, 2.75) is 40.0 Å². The summed E-state index contributed by atoms with van der Waals surface area (Å²) in [4.78, 5) is 4.40. The maximum atomic E-state index is 4.40. The van der Waals surface area contributed by atoms with Gasteiger partial charge in [-0.25, -0.2) is 0 Å². The van der Waals surface area contributed by atoms with E-state index in [1.165, 1.54) is 31.6 Å². The Balaban J connectivity index is 2.83. The molecule has 0 aromatic carbocycles. The van der Waals surface area contributed by atoms with Gasteiger partial charge in [-0.3, -0.25) is 4.98 Å². The number of hydrogen-bond donors (Lipinski definition) is 0. The van der Waals surface area contributed by atoms with Crippen molar-refractivity contribution in [1.29, 1.82) is 0 Å². The van der Waals surface area contributed by atoms with Gasteiger partial charge in [0.2, 0.25) is 0 Å². The number of hydrogen-bond acceptors (Lipinski definition) is 1. The Morgan fingerprint density at radius 3 is 2.35 bits per heavy atom. The van der Waals surface area contributed by atoms with E-state index in [2.05, 4.69) is 44.0 Å². The molecule has 1 nitrogen and oxygen atoms in total. The van der Waals surface area contributed by atoms with E-state index in [0.29, 0.717) is 0 Å². The van der Waals surface area contributed by atoms with Crippen LogP contribution in [0.5, 0.6) is 0 Å². The van der Waals surface area contributed by atoms with Gasteiger partial charge >= 0.3 is 0 Å². The fourth-order valence-electron chi connectivity index (χ4n) is 1.99. The summed E-state index contributed by atoms with van der Waals surface area (Å²) in [6, 6.07) is 6.14. The van der Waals surface area contributed by atoms with Crippen LogP contribution in [-0.2, 0) is 0 Å². The summed E-state index contributed by atoms with van der Waals surface area (Å²) in [5, 5.41) is 1.63. The van der Waals surface area contributed by atoms with E-state index < -0.39 is 0 Å². The third-order valence-corrected chi connectivity index (χ3v) is 5.99. The van der Waals surface area contributed by atoms with Gasteiger partial charge in [-0.15, -0.1) is 0 Å². The molecule has 0 radical (unpaired) electrons. The highest BCUT2D eigenvalue weighted by Gasteiger charge is 2.10. The van der Waals surface area contributed by atoms with Gasteiger partial charge in [-0.05, 0) is 42.3 Å². The Bertz CT molecular complexity index is 326. The van der Waals surface area contributed by atoms with E-state index in [4.69, 9.17) is 0 Å². The SMILES string of the molecule is CCCP(CCC)C(=Cc1ccccn1)CC. The van der Waals surface area contributed by atoms with E-state index in [0.717, 1.165) is 5.69 Å². The second-order valence-electron chi connectivity index (χ2n) is 4.23. The smallest absolute Gasteiger partial charge is 0.0632 e. The first-order valence-corrected chi connectivity index (χ1v) is 8.39. The zero-order chi connectivity index (χ0) is 12.5. The van der Waals surface area contributed by atoms with Gasteiger partial charge in [-0.1, -0.05) is 47.6 Å². The van der Waals surface area contributed by atoms with Gasteiger partial charge in [0.25, 0.3) is 0 Å². The minimum Gasteiger partial charge on any atom is -0.257 e. The van der Waals surface area contributed by atoms with Crippen LogP contribution in [0, 0.1) is 0 Å². The molecule has 0 saturated heterocycles. The maximum Gasteiger partial charge on any atom is 0.0632 e. The average Bonchev–Trinajstić information content (AvgIpc) is 2.37. The molecule has 1 heterocycles. The molecule has 1 rings (SSSR count). The van der Waals surface area contributed by atoms with Crippen molar-refractivity contribution in [1.82, 2.24) is 4.98 Å².